The first-order chi connectivity index (χ1) is 14.9. The highest BCUT2D eigenvalue weighted by Crippen LogP contribution is 2.47. The summed E-state index contributed by atoms with van der Waals surface area (Å²) in [6, 6.07) is 6.44. The number of piperidine rings is 1. The monoisotopic (exact) mass is 445 g/mol. The first-order valence-electron chi connectivity index (χ1n) is 11.2. The largest absolute Gasteiger partial charge is 0.349 e. The van der Waals surface area contributed by atoms with Crippen molar-refractivity contribution in [1.82, 2.24) is 9.62 Å². The number of hydrogen-bond donors (Lipinski definition) is 2. The highest BCUT2D eigenvalue weighted by atomic mass is 32.2. The van der Waals surface area contributed by atoms with Crippen molar-refractivity contribution in [3.63, 3.8) is 0 Å². The maximum atomic E-state index is 12.9. The van der Waals surface area contributed by atoms with Crippen LogP contribution in [0.5, 0.6) is 0 Å². The molecule has 2 saturated carbocycles. The number of carbonyl (C=O) groups excluding carboxylic acids is 2. The molecule has 1 heterocycles. The first-order valence-corrected chi connectivity index (χ1v) is 12.7. The van der Waals surface area contributed by atoms with Crippen molar-refractivity contribution < 1.29 is 18.0 Å². The van der Waals surface area contributed by atoms with Crippen LogP contribution in [-0.2, 0) is 19.6 Å². The number of rotatable bonds is 8. The fourth-order valence-electron chi connectivity index (χ4n) is 5.02. The van der Waals surface area contributed by atoms with Crippen molar-refractivity contribution in [1.29, 1.82) is 0 Å². The Balaban J connectivity index is 1.27. The number of benzene rings is 1. The number of hydrogen-bond acceptors (Lipinski definition) is 4. The lowest BCUT2D eigenvalue weighted by Gasteiger charge is -2.21. The van der Waals surface area contributed by atoms with Crippen molar-refractivity contribution in [3.8, 4) is 0 Å². The minimum absolute atomic E-state index is 0.0200. The molecule has 1 aliphatic heterocycles. The summed E-state index contributed by atoms with van der Waals surface area (Å²) in [6.45, 7) is 4.26. The van der Waals surface area contributed by atoms with Gasteiger partial charge in [0.2, 0.25) is 21.8 Å². The molecule has 0 spiro atoms. The molecule has 0 aromatic heterocycles. The number of carbonyl (C=O) groups is 2. The third-order valence-corrected chi connectivity index (χ3v) is 8.78. The Morgan fingerprint density at radius 1 is 1.06 bits per heavy atom. The van der Waals surface area contributed by atoms with Crippen LogP contribution in [0.15, 0.2) is 41.8 Å². The molecule has 7 nitrogen and oxygen atoms in total. The Kier molecular flexibility index (Phi) is 6.48. The Labute approximate surface area is 184 Å². The van der Waals surface area contributed by atoms with E-state index in [9.17, 15) is 18.0 Å². The van der Waals surface area contributed by atoms with Gasteiger partial charge in [0.25, 0.3) is 0 Å². The fourth-order valence-corrected chi connectivity index (χ4v) is 6.53. The van der Waals surface area contributed by atoms with Crippen molar-refractivity contribution in [2.75, 3.05) is 18.4 Å². The second-order valence-electron chi connectivity index (χ2n) is 9.00. The number of amides is 2. The molecule has 31 heavy (non-hydrogen) atoms. The van der Waals surface area contributed by atoms with Gasteiger partial charge in [-0.25, -0.2) is 8.42 Å². The zero-order valence-corrected chi connectivity index (χ0v) is 18.6. The summed E-state index contributed by atoms with van der Waals surface area (Å²) in [5.41, 5.74) is 0.615. The van der Waals surface area contributed by atoms with E-state index in [2.05, 4.69) is 17.2 Å². The third-order valence-electron chi connectivity index (χ3n) is 6.94. The molecule has 2 atom stereocenters. The SMILES string of the molecule is C=CC(=O)NC1C2CN(S(=O)(=O)c3ccc(NC(=O)CCC4CCCCC4)cc3)CC21. The van der Waals surface area contributed by atoms with Crippen LogP contribution >= 0.6 is 0 Å². The van der Waals surface area contributed by atoms with Gasteiger partial charge in [0.15, 0.2) is 0 Å². The molecule has 2 unspecified atom stereocenters. The predicted octanol–water partition coefficient (Wildman–Crippen LogP) is 2.91. The molecule has 2 aliphatic carbocycles. The van der Waals surface area contributed by atoms with Crippen LogP contribution in [0.4, 0.5) is 5.69 Å². The van der Waals surface area contributed by atoms with E-state index >= 15 is 0 Å². The van der Waals surface area contributed by atoms with E-state index in [4.69, 9.17) is 0 Å². The van der Waals surface area contributed by atoms with Gasteiger partial charge in [-0.3, -0.25) is 9.59 Å². The van der Waals surface area contributed by atoms with Crippen molar-refractivity contribution in [2.24, 2.45) is 17.8 Å². The first kappa shape index (κ1) is 22.0. The van der Waals surface area contributed by atoms with Crippen LogP contribution in [0.2, 0.25) is 0 Å². The van der Waals surface area contributed by atoms with E-state index in [0.717, 1.165) is 6.42 Å². The van der Waals surface area contributed by atoms with Gasteiger partial charge >= 0.3 is 0 Å². The van der Waals surface area contributed by atoms with Crippen molar-refractivity contribution in [2.45, 2.75) is 55.9 Å². The van der Waals surface area contributed by atoms with Crippen molar-refractivity contribution >= 4 is 27.5 Å². The molecule has 2 N–H and O–H groups in total. The molecular formula is C23H31N3O4S. The zero-order chi connectivity index (χ0) is 22.0. The average Bonchev–Trinajstić information content (AvgIpc) is 3.20. The van der Waals surface area contributed by atoms with E-state index in [1.165, 1.54) is 42.5 Å². The van der Waals surface area contributed by atoms with Crippen LogP contribution < -0.4 is 10.6 Å². The van der Waals surface area contributed by atoms with Gasteiger partial charge in [-0.15, -0.1) is 0 Å². The molecule has 168 valence electrons. The summed E-state index contributed by atoms with van der Waals surface area (Å²) in [4.78, 5) is 23.9. The van der Waals surface area contributed by atoms with Gasteiger partial charge in [0.1, 0.15) is 0 Å². The minimum Gasteiger partial charge on any atom is -0.349 e. The molecule has 8 heteroatoms. The molecule has 0 radical (unpaired) electrons. The van der Waals surface area contributed by atoms with Gasteiger partial charge in [0, 0.05) is 31.2 Å². The van der Waals surface area contributed by atoms with Gasteiger partial charge < -0.3 is 10.6 Å². The fraction of sp³-hybridized carbons (Fsp3) is 0.565. The Morgan fingerprint density at radius 2 is 1.71 bits per heavy atom. The summed E-state index contributed by atoms with van der Waals surface area (Å²) in [5, 5.41) is 5.73. The zero-order valence-electron chi connectivity index (χ0n) is 17.8. The van der Waals surface area contributed by atoms with Crippen LogP contribution in [0.1, 0.15) is 44.9 Å². The number of nitrogens with one attached hydrogen (secondary N) is 2. The van der Waals surface area contributed by atoms with E-state index in [1.54, 1.807) is 24.3 Å². The molecular weight excluding hydrogens is 414 g/mol. The highest BCUT2D eigenvalue weighted by Gasteiger charge is 2.58. The normalized spacial score (nSPS) is 26.1. The molecule has 4 rings (SSSR count). The van der Waals surface area contributed by atoms with E-state index in [1.807, 2.05) is 0 Å². The van der Waals surface area contributed by atoms with E-state index < -0.39 is 10.0 Å². The lowest BCUT2D eigenvalue weighted by molar-refractivity contribution is -0.117. The second-order valence-corrected chi connectivity index (χ2v) is 10.9. The molecule has 1 aromatic carbocycles. The number of nitrogens with zero attached hydrogens (tertiary/aromatic N) is 1. The molecule has 3 fully saturated rings. The lowest BCUT2D eigenvalue weighted by atomic mass is 9.86. The summed E-state index contributed by atoms with van der Waals surface area (Å²) in [7, 11) is -3.58. The topological polar surface area (TPSA) is 95.6 Å². The Bertz CT molecular complexity index is 926. The molecule has 0 bridgehead atoms. The van der Waals surface area contributed by atoms with Gasteiger partial charge in [-0.1, -0.05) is 38.7 Å². The smallest absolute Gasteiger partial charge is 0.243 e. The Morgan fingerprint density at radius 3 is 2.32 bits per heavy atom. The number of anilines is 1. The second kappa shape index (κ2) is 9.12. The summed E-state index contributed by atoms with van der Waals surface area (Å²) < 4.78 is 27.3. The predicted molar refractivity (Wildman–Crippen MR) is 119 cm³/mol. The Hall–Kier alpha value is -2.19. The standard InChI is InChI=1S/C23H31N3O4S/c1-2-21(27)25-23-19-14-26(15-20(19)23)31(29,30)18-11-9-17(10-12-18)24-22(28)13-8-16-6-4-3-5-7-16/h2,9-12,16,19-20,23H,1,3-8,13-15H2,(H,24,28)(H,25,27). The lowest BCUT2D eigenvalue weighted by Crippen LogP contribution is -2.36. The van der Waals surface area contributed by atoms with Gasteiger partial charge in [-0.05, 0) is 54.5 Å². The molecule has 2 amide bonds. The summed E-state index contributed by atoms with van der Waals surface area (Å²) in [6.07, 6.45) is 8.95. The highest BCUT2D eigenvalue weighted by molar-refractivity contribution is 7.89. The number of sulfonamides is 1. The van der Waals surface area contributed by atoms with E-state index in [0.29, 0.717) is 31.1 Å². The molecule has 3 aliphatic rings. The molecule has 1 saturated heterocycles. The van der Waals surface area contributed by atoms with Crippen LogP contribution in [-0.4, -0.2) is 43.7 Å². The van der Waals surface area contributed by atoms with Gasteiger partial charge in [-0.2, -0.15) is 4.31 Å². The maximum absolute atomic E-state index is 12.9. The van der Waals surface area contributed by atoms with Gasteiger partial charge in [0.05, 0.1) is 4.90 Å². The summed E-state index contributed by atoms with van der Waals surface area (Å²) in [5.74, 6) is 0.754. The van der Waals surface area contributed by atoms with Crippen molar-refractivity contribution in [3.05, 3.63) is 36.9 Å². The summed E-state index contributed by atoms with van der Waals surface area (Å²) >= 11 is 0. The minimum atomic E-state index is -3.58. The quantitative estimate of drug-likeness (QED) is 0.602. The maximum Gasteiger partial charge on any atom is 0.243 e. The average molecular weight is 446 g/mol. The number of fused-ring (bicyclic) bond motifs is 1. The van der Waals surface area contributed by atoms with E-state index in [-0.39, 0.29) is 34.6 Å². The van der Waals surface area contributed by atoms with Crippen LogP contribution in [0.3, 0.4) is 0 Å². The third kappa shape index (κ3) is 5.01. The van der Waals surface area contributed by atoms with Crippen LogP contribution in [0, 0.1) is 17.8 Å². The van der Waals surface area contributed by atoms with Crippen LogP contribution in [0.25, 0.3) is 0 Å². The molecule has 1 aromatic rings.